The van der Waals surface area contributed by atoms with E-state index < -0.39 is 0 Å². The molecule has 3 rings (SSSR count). The Morgan fingerprint density at radius 3 is 2.59 bits per heavy atom. The second-order valence-electron chi connectivity index (χ2n) is 5.58. The summed E-state index contributed by atoms with van der Waals surface area (Å²) in [5.74, 6) is 0.0536. The van der Waals surface area contributed by atoms with Crippen LogP contribution < -0.4 is 0 Å². The second-order valence-corrected chi connectivity index (χ2v) is 6.02. The first-order chi connectivity index (χ1) is 10.6. The maximum atomic E-state index is 12.7. The Balaban J connectivity index is 1.76. The van der Waals surface area contributed by atoms with Crippen LogP contribution >= 0.6 is 11.6 Å². The number of amides is 1. The highest BCUT2D eigenvalue weighted by molar-refractivity contribution is 6.30. The van der Waals surface area contributed by atoms with Gasteiger partial charge in [0, 0.05) is 24.3 Å². The van der Waals surface area contributed by atoms with Crippen LogP contribution in [0.1, 0.15) is 27.8 Å². The van der Waals surface area contributed by atoms with E-state index in [-0.39, 0.29) is 12.0 Å². The smallest absolute Gasteiger partial charge is 0.270 e. The van der Waals surface area contributed by atoms with Crippen molar-refractivity contribution in [2.24, 2.45) is 7.05 Å². The Morgan fingerprint density at radius 1 is 1.23 bits per heavy atom. The number of carbonyl (C=O) groups is 1. The minimum Gasteiger partial charge on any atom is -0.370 e. The Morgan fingerprint density at radius 2 is 1.95 bits per heavy atom. The third kappa shape index (κ3) is 2.89. The molecule has 2 aromatic rings. The molecule has 1 aromatic carbocycles. The summed E-state index contributed by atoms with van der Waals surface area (Å²) in [6.45, 7) is 3.72. The zero-order chi connectivity index (χ0) is 15.7. The molecule has 0 saturated carbocycles. The van der Waals surface area contributed by atoms with E-state index in [1.807, 2.05) is 59.8 Å². The van der Waals surface area contributed by atoms with Gasteiger partial charge in [0.25, 0.3) is 5.91 Å². The minimum atomic E-state index is -0.101. The molecular weight excluding hydrogens is 300 g/mol. The molecule has 1 aromatic heterocycles. The predicted molar refractivity (Wildman–Crippen MR) is 86.2 cm³/mol. The minimum absolute atomic E-state index is 0.0536. The molecule has 4 nitrogen and oxygen atoms in total. The lowest BCUT2D eigenvalue weighted by atomic mass is 10.1. The summed E-state index contributed by atoms with van der Waals surface area (Å²) in [5, 5.41) is 0.701. The standard InChI is InChI=1S/C17H19ClN2O2/c1-12-3-8-15(19(12)2)17(21)20-9-10-22-16(11-20)13-4-6-14(18)7-5-13/h3-8,16H,9-11H2,1-2H3. The fourth-order valence-corrected chi connectivity index (χ4v) is 2.83. The van der Waals surface area contributed by atoms with Crippen LogP contribution in [0.2, 0.25) is 5.02 Å². The molecule has 1 aliphatic heterocycles. The van der Waals surface area contributed by atoms with Gasteiger partial charge in [-0.25, -0.2) is 0 Å². The van der Waals surface area contributed by atoms with Crippen LogP contribution in [0.5, 0.6) is 0 Å². The van der Waals surface area contributed by atoms with Crippen molar-refractivity contribution in [3.05, 3.63) is 58.4 Å². The SMILES string of the molecule is Cc1ccc(C(=O)N2CCOC(c3ccc(Cl)cc3)C2)n1C. The number of aromatic nitrogens is 1. The van der Waals surface area contributed by atoms with E-state index in [1.54, 1.807) is 0 Å². The van der Waals surface area contributed by atoms with Crippen LogP contribution in [-0.4, -0.2) is 35.1 Å². The normalized spacial score (nSPS) is 18.5. The van der Waals surface area contributed by atoms with Crippen molar-refractivity contribution >= 4 is 17.5 Å². The molecule has 22 heavy (non-hydrogen) atoms. The number of nitrogens with zero attached hydrogens (tertiary/aromatic N) is 2. The van der Waals surface area contributed by atoms with Gasteiger partial charge in [0.15, 0.2) is 0 Å². The molecule has 2 heterocycles. The molecule has 0 spiro atoms. The van der Waals surface area contributed by atoms with E-state index in [4.69, 9.17) is 16.3 Å². The maximum Gasteiger partial charge on any atom is 0.270 e. The monoisotopic (exact) mass is 318 g/mol. The molecule has 1 saturated heterocycles. The predicted octanol–water partition coefficient (Wildman–Crippen LogP) is 3.20. The van der Waals surface area contributed by atoms with E-state index in [0.29, 0.717) is 30.4 Å². The maximum absolute atomic E-state index is 12.7. The lowest BCUT2D eigenvalue weighted by Gasteiger charge is -2.33. The van der Waals surface area contributed by atoms with Gasteiger partial charge >= 0.3 is 0 Å². The van der Waals surface area contributed by atoms with Gasteiger partial charge in [-0.05, 0) is 36.8 Å². The van der Waals surface area contributed by atoms with Gasteiger partial charge in [-0.2, -0.15) is 0 Å². The van der Waals surface area contributed by atoms with Crippen molar-refractivity contribution < 1.29 is 9.53 Å². The Hall–Kier alpha value is -1.78. The number of halogens is 1. The van der Waals surface area contributed by atoms with E-state index in [1.165, 1.54) is 0 Å². The van der Waals surface area contributed by atoms with Gasteiger partial charge in [0.1, 0.15) is 11.8 Å². The Labute approximate surface area is 135 Å². The molecule has 1 unspecified atom stereocenters. The van der Waals surface area contributed by atoms with Crippen LogP contribution in [0.3, 0.4) is 0 Å². The van der Waals surface area contributed by atoms with Crippen molar-refractivity contribution in [1.82, 2.24) is 9.47 Å². The molecule has 0 N–H and O–H groups in total. The molecular formula is C17H19ClN2O2. The number of benzene rings is 1. The number of hydrogen-bond donors (Lipinski definition) is 0. The van der Waals surface area contributed by atoms with Gasteiger partial charge in [-0.1, -0.05) is 23.7 Å². The van der Waals surface area contributed by atoms with Crippen LogP contribution in [0.4, 0.5) is 0 Å². The summed E-state index contributed by atoms with van der Waals surface area (Å²) >= 11 is 5.92. The van der Waals surface area contributed by atoms with E-state index in [2.05, 4.69) is 0 Å². The Kier molecular flexibility index (Phi) is 4.23. The van der Waals surface area contributed by atoms with Crippen molar-refractivity contribution in [2.75, 3.05) is 19.7 Å². The molecule has 116 valence electrons. The van der Waals surface area contributed by atoms with E-state index >= 15 is 0 Å². The molecule has 0 bridgehead atoms. The van der Waals surface area contributed by atoms with E-state index in [9.17, 15) is 4.79 Å². The fraction of sp³-hybridized carbons (Fsp3) is 0.353. The third-order valence-corrected chi connectivity index (χ3v) is 4.44. The van der Waals surface area contributed by atoms with Crippen LogP contribution in [0, 0.1) is 6.92 Å². The number of ether oxygens (including phenoxy) is 1. The number of carbonyl (C=O) groups excluding carboxylic acids is 1. The topological polar surface area (TPSA) is 34.5 Å². The highest BCUT2D eigenvalue weighted by Crippen LogP contribution is 2.24. The summed E-state index contributed by atoms with van der Waals surface area (Å²) < 4.78 is 7.74. The summed E-state index contributed by atoms with van der Waals surface area (Å²) in [6, 6.07) is 11.4. The van der Waals surface area contributed by atoms with E-state index in [0.717, 1.165) is 11.3 Å². The van der Waals surface area contributed by atoms with Crippen molar-refractivity contribution in [3.63, 3.8) is 0 Å². The molecule has 0 aliphatic carbocycles. The van der Waals surface area contributed by atoms with Crippen LogP contribution in [0.25, 0.3) is 0 Å². The summed E-state index contributed by atoms with van der Waals surface area (Å²) in [6.07, 6.45) is -0.101. The van der Waals surface area contributed by atoms with Crippen molar-refractivity contribution in [3.8, 4) is 0 Å². The molecule has 1 fully saturated rings. The number of hydrogen-bond acceptors (Lipinski definition) is 2. The summed E-state index contributed by atoms with van der Waals surface area (Å²) in [5.41, 5.74) is 2.84. The van der Waals surface area contributed by atoms with Gasteiger partial charge in [0.05, 0.1) is 13.2 Å². The Bertz CT molecular complexity index is 678. The molecule has 1 aliphatic rings. The molecule has 1 atom stereocenters. The lowest BCUT2D eigenvalue weighted by Crippen LogP contribution is -2.42. The van der Waals surface area contributed by atoms with Crippen molar-refractivity contribution in [1.29, 1.82) is 0 Å². The number of morpholine rings is 1. The zero-order valence-electron chi connectivity index (χ0n) is 12.8. The van der Waals surface area contributed by atoms with Gasteiger partial charge in [-0.15, -0.1) is 0 Å². The first-order valence-electron chi connectivity index (χ1n) is 7.35. The first-order valence-corrected chi connectivity index (χ1v) is 7.72. The first kappa shape index (κ1) is 15.1. The molecule has 5 heteroatoms. The summed E-state index contributed by atoms with van der Waals surface area (Å²) in [7, 11) is 1.92. The molecule has 1 amide bonds. The quantitative estimate of drug-likeness (QED) is 0.852. The highest BCUT2D eigenvalue weighted by atomic mass is 35.5. The fourth-order valence-electron chi connectivity index (χ4n) is 2.70. The second kappa shape index (κ2) is 6.15. The number of aryl methyl sites for hydroxylation is 1. The lowest BCUT2D eigenvalue weighted by molar-refractivity contribution is -0.0231. The van der Waals surface area contributed by atoms with Crippen molar-refractivity contribution in [2.45, 2.75) is 13.0 Å². The van der Waals surface area contributed by atoms with Crippen LogP contribution in [-0.2, 0) is 11.8 Å². The van der Waals surface area contributed by atoms with Gasteiger partial charge in [-0.3, -0.25) is 4.79 Å². The average molecular weight is 319 g/mol. The van der Waals surface area contributed by atoms with Gasteiger partial charge < -0.3 is 14.2 Å². The molecule has 0 radical (unpaired) electrons. The summed E-state index contributed by atoms with van der Waals surface area (Å²) in [4.78, 5) is 14.6. The van der Waals surface area contributed by atoms with Gasteiger partial charge in [0.2, 0.25) is 0 Å². The average Bonchev–Trinajstić information content (AvgIpc) is 2.87. The largest absolute Gasteiger partial charge is 0.370 e. The third-order valence-electron chi connectivity index (χ3n) is 4.19. The number of rotatable bonds is 2. The van der Waals surface area contributed by atoms with Crippen LogP contribution in [0.15, 0.2) is 36.4 Å². The highest BCUT2D eigenvalue weighted by Gasteiger charge is 2.27. The zero-order valence-corrected chi connectivity index (χ0v) is 13.5.